The number of benzene rings is 7. The van der Waals surface area contributed by atoms with Gasteiger partial charge in [0.1, 0.15) is 0 Å². The summed E-state index contributed by atoms with van der Waals surface area (Å²) < 4.78 is 0. The maximum absolute atomic E-state index is 2.57. The van der Waals surface area contributed by atoms with Crippen molar-refractivity contribution in [3.05, 3.63) is 198 Å². The van der Waals surface area contributed by atoms with Crippen LogP contribution in [0.15, 0.2) is 182 Å². The summed E-state index contributed by atoms with van der Waals surface area (Å²) in [5.74, 6) is 0.772. The second-order valence-electron chi connectivity index (χ2n) is 17.1. The van der Waals surface area contributed by atoms with Crippen LogP contribution in [0.4, 0.5) is 17.1 Å². The summed E-state index contributed by atoms with van der Waals surface area (Å²) in [5, 5.41) is 0. The second-order valence-corrected chi connectivity index (χ2v) is 17.1. The van der Waals surface area contributed by atoms with Crippen LogP contribution in [0.25, 0.3) is 44.5 Å². The normalized spacial score (nSPS) is 18.1. The third-order valence-electron chi connectivity index (χ3n) is 13.1. The van der Waals surface area contributed by atoms with Gasteiger partial charge >= 0.3 is 0 Å². The molecule has 2 atom stereocenters. The lowest BCUT2D eigenvalue weighted by molar-refractivity contribution is 0.349. The highest BCUT2D eigenvalue weighted by Crippen LogP contribution is 2.51. The Hall–Kier alpha value is -5.92. The molecule has 1 nitrogen and oxygen atoms in total. The average Bonchev–Trinajstić information content (AvgIpc) is 3.49. The van der Waals surface area contributed by atoms with Crippen molar-refractivity contribution < 1.29 is 0 Å². The molecule has 2 aliphatic carbocycles. The Kier molecular flexibility index (Phi) is 9.57. The number of fused-ring (bicyclic) bond motifs is 3. The van der Waals surface area contributed by atoms with Crippen molar-refractivity contribution in [2.45, 2.75) is 71.1 Å². The first-order valence-corrected chi connectivity index (χ1v) is 21.0. The average molecular weight is 740 g/mol. The van der Waals surface area contributed by atoms with Crippen LogP contribution in [0.3, 0.4) is 0 Å². The van der Waals surface area contributed by atoms with Gasteiger partial charge in [-0.15, -0.1) is 0 Å². The molecule has 0 saturated heterocycles. The first-order valence-electron chi connectivity index (χ1n) is 21.0. The van der Waals surface area contributed by atoms with Crippen LogP contribution in [-0.4, -0.2) is 0 Å². The van der Waals surface area contributed by atoms with Crippen LogP contribution in [0.1, 0.15) is 77.0 Å². The van der Waals surface area contributed by atoms with Crippen molar-refractivity contribution in [3.63, 3.8) is 0 Å². The van der Waals surface area contributed by atoms with E-state index in [0.29, 0.717) is 0 Å². The fourth-order valence-electron chi connectivity index (χ4n) is 9.84. The molecule has 0 fully saturated rings. The van der Waals surface area contributed by atoms with Gasteiger partial charge in [0.2, 0.25) is 0 Å². The maximum atomic E-state index is 2.57. The molecular formula is C56H53N. The van der Waals surface area contributed by atoms with Gasteiger partial charge in [0.05, 0.1) is 5.69 Å². The number of anilines is 3. The summed E-state index contributed by atoms with van der Waals surface area (Å²) in [7, 11) is 0. The maximum Gasteiger partial charge on any atom is 0.0540 e. The van der Waals surface area contributed by atoms with Gasteiger partial charge in [-0.1, -0.05) is 192 Å². The third kappa shape index (κ3) is 6.74. The van der Waals surface area contributed by atoms with Crippen LogP contribution in [0.2, 0.25) is 0 Å². The Morgan fingerprint density at radius 2 is 1.05 bits per heavy atom. The summed E-state index contributed by atoms with van der Waals surface area (Å²) in [6, 6.07) is 63.1. The fraction of sp³-hybridized carbons (Fsp3) is 0.214. The number of nitrogens with zero attached hydrogens (tertiary/aromatic N) is 1. The Bertz CT molecular complexity index is 2560. The van der Waals surface area contributed by atoms with E-state index in [1.165, 1.54) is 80.5 Å². The molecule has 2 aliphatic rings. The predicted molar refractivity (Wildman–Crippen MR) is 244 cm³/mol. The van der Waals surface area contributed by atoms with E-state index in [1.54, 1.807) is 5.57 Å². The molecule has 2 unspecified atom stereocenters. The molecule has 0 spiro atoms. The van der Waals surface area contributed by atoms with Crippen molar-refractivity contribution in [3.8, 4) is 44.5 Å². The molecule has 0 heterocycles. The lowest BCUT2D eigenvalue weighted by Gasteiger charge is -2.37. The lowest BCUT2D eigenvalue weighted by Crippen LogP contribution is -2.27. The molecule has 0 aliphatic heterocycles. The Balaban J connectivity index is 1.03. The van der Waals surface area contributed by atoms with E-state index in [4.69, 9.17) is 0 Å². The van der Waals surface area contributed by atoms with Gasteiger partial charge in [-0.05, 0) is 111 Å². The van der Waals surface area contributed by atoms with Crippen LogP contribution < -0.4 is 4.90 Å². The molecule has 0 saturated carbocycles. The summed E-state index contributed by atoms with van der Waals surface area (Å²) in [5.41, 5.74) is 19.3. The zero-order valence-electron chi connectivity index (χ0n) is 34.1. The van der Waals surface area contributed by atoms with Crippen LogP contribution in [-0.2, 0) is 10.8 Å². The number of para-hydroxylation sites is 1. The summed E-state index contributed by atoms with van der Waals surface area (Å²) in [6.45, 7) is 11.8. The van der Waals surface area contributed by atoms with Crippen LogP contribution in [0.5, 0.6) is 0 Å². The molecule has 57 heavy (non-hydrogen) atoms. The van der Waals surface area contributed by atoms with Gasteiger partial charge in [-0.25, -0.2) is 0 Å². The first-order chi connectivity index (χ1) is 27.8. The van der Waals surface area contributed by atoms with E-state index in [1.807, 2.05) is 0 Å². The van der Waals surface area contributed by atoms with Gasteiger partial charge in [0.15, 0.2) is 0 Å². The summed E-state index contributed by atoms with van der Waals surface area (Å²) in [6.07, 6.45) is 7.48. The van der Waals surface area contributed by atoms with Gasteiger partial charge in [-0.2, -0.15) is 0 Å². The van der Waals surface area contributed by atoms with E-state index >= 15 is 0 Å². The molecule has 0 amide bonds. The molecule has 1 heteroatoms. The monoisotopic (exact) mass is 739 g/mol. The standard InChI is InChI=1S/C56H53N/c1-6-39-35-40(7-2)38-56(5,37-39)46-29-25-43(26-30-46)41-21-23-42(24-22-41)44-27-31-47(32-28-44)57(54-20-14-12-17-49(54)45-15-9-8-10-16-45)48-33-34-51-50-18-11-13-19-52(50)55(3,4)53(51)36-48/h8-34,36-37,40H,6-7,35,38H2,1-5H3. The molecule has 0 aromatic heterocycles. The lowest BCUT2D eigenvalue weighted by atomic mass is 9.68. The van der Waals surface area contributed by atoms with Gasteiger partial charge < -0.3 is 4.90 Å². The SMILES string of the molecule is CCC1=CC(C)(c2ccc(-c3ccc(-c4ccc(N(c5ccc6c(c5)C(C)(C)c5ccccc5-6)c5ccccc5-c5ccccc5)cc4)cc3)cc2)CC(CC)C1. The largest absolute Gasteiger partial charge is 0.310 e. The number of allylic oxidation sites excluding steroid dienone is 2. The number of rotatable bonds is 9. The van der Waals surface area contributed by atoms with Gasteiger partial charge in [0, 0.05) is 27.8 Å². The highest BCUT2D eigenvalue weighted by molar-refractivity contribution is 5.91. The number of hydrogen-bond donors (Lipinski definition) is 0. The third-order valence-corrected chi connectivity index (χ3v) is 13.1. The zero-order chi connectivity index (χ0) is 39.1. The van der Waals surface area contributed by atoms with E-state index in [9.17, 15) is 0 Å². The van der Waals surface area contributed by atoms with E-state index < -0.39 is 0 Å². The Labute approximate surface area is 340 Å². The quantitative estimate of drug-likeness (QED) is 0.133. The minimum Gasteiger partial charge on any atom is -0.310 e. The second kappa shape index (κ2) is 14.9. The molecule has 282 valence electrons. The van der Waals surface area contributed by atoms with Crippen molar-refractivity contribution in [1.29, 1.82) is 0 Å². The van der Waals surface area contributed by atoms with Crippen LogP contribution in [0, 0.1) is 5.92 Å². The van der Waals surface area contributed by atoms with E-state index in [0.717, 1.165) is 29.4 Å². The smallest absolute Gasteiger partial charge is 0.0540 e. The van der Waals surface area contributed by atoms with Gasteiger partial charge in [0.25, 0.3) is 0 Å². The zero-order valence-corrected chi connectivity index (χ0v) is 34.1. The highest BCUT2D eigenvalue weighted by Gasteiger charge is 2.36. The Morgan fingerprint density at radius 1 is 0.509 bits per heavy atom. The molecule has 0 radical (unpaired) electrons. The topological polar surface area (TPSA) is 3.24 Å². The fourth-order valence-corrected chi connectivity index (χ4v) is 9.84. The van der Waals surface area contributed by atoms with Crippen LogP contribution >= 0.6 is 0 Å². The van der Waals surface area contributed by atoms with E-state index in [-0.39, 0.29) is 10.8 Å². The molecule has 9 rings (SSSR count). The molecule has 0 N–H and O–H groups in total. The molecule has 7 aromatic rings. The summed E-state index contributed by atoms with van der Waals surface area (Å²) in [4.78, 5) is 2.44. The van der Waals surface area contributed by atoms with Crippen molar-refractivity contribution in [2.75, 3.05) is 4.90 Å². The van der Waals surface area contributed by atoms with Crippen molar-refractivity contribution in [1.82, 2.24) is 0 Å². The van der Waals surface area contributed by atoms with E-state index in [2.05, 4.69) is 215 Å². The minimum absolute atomic E-state index is 0.0908. The number of hydrogen-bond acceptors (Lipinski definition) is 1. The van der Waals surface area contributed by atoms with Crippen molar-refractivity contribution >= 4 is 17.1 Å². The Morgan fingerprint density at radius 3 is 1.70 bits per heavy atom. The van der Waals surface area contributed by atoms with Gasteiger partial charge in [-0.3, -0.25) is 0 Å². The minimum atomic E-state index is -0.0908. The summed E-state index contributed by atoms with van der Waals surface area (Å²) >= 11 is 0. The molecule has 7 aromatic carbocycles. The molecule has 0 bridgehead atoms. The predicted octanol–water partition coefficient (Wildman–Crippen LogP) is 15.9. The highest BCUT2D eigenvalue weighted by atomic mass is 15.1. The first kappa shape index (κ1) is 36.7. The van der Waals surface area contributed by atoms with Crippen molar-refractivity contribution in [2.24, 2.45) is 5.92 Å². The molecular weight excluding hydrogens is 687 g/mol.